The van der Waals surface area contributed by atoms with Crippen molar-refractivity contribution in [3.8, 4) is 0 Å². The van der Waals surface area contributed by atoms with Gasteiger partial charge in [0.25, 0.3) is 0 Å². The van der Waals surface area contributed by atoms with Gasteiger partial charge in [0.1, 0.15) is 11.5 Å². The molecule has 1 heterocycles. The molecule has 1 fully saturated rings. The maximum atomic E-state index is 14.9. The van der Waals surface area contributed by atoms with Crippen LogP contribution in [0.15, 0.2) is 18.2 Å². The summed E-state index contributed by atoms with van der Waals surface area (Å²) in [7, 11) is 0. The van der Waals surface area contributed by atoms with Gasteiger partial charge in [0, 0.05) is 12.5 Å². The van der Waals surface area contributed by atoms with E-state index < -0.39 is 5.67 Å². The van der Waals surface area contributed by atoms with E-state index in [9.17, 15) is 8.78 Å². The highest BCUT2D eigenvalue weighted by atomic mass is 19.1. The molecule has 1 aromatic carbocycles. The first-order chi connectivity index (χ1) is 8.00. The minimum absolute atomic E-state index is 0.0718. The number of piperidine rings is 1. The van der Waals surface area contributed by atoms with Gasteiger partial charge in [-0.25, -0.2) is 8.78 Å². The molecule has 0 radical (unpaired) electrons. The van der Waals surface area contributed by atoms with Crippen molar-refractivity contribution in [1.82, 2.24) is 5.32 Å². The number of aryl methyl sites for hydroxylation is 1. The fourth-order valence-corrected chi connectivity index (χ4v) is 2.57. The van der Waals surface area contributed by atoms with Crippen molar-refractivity contribution in [3.05, 3.63) is 35.1 Å². The van der Waals surface area contributed by atoms with Crippen LogP contribution in [-0.2, 0) is 5.67 Å². The second-order valence-electron chi connectivity index (χ2n) is 5.14. The van der Waals surface area contributed by atoms with Crippen LogP contribution in [0.2, 0.25) is 0 Å². The molecule has 2 unspecified atom stereocenters. The van der Waals surface area contributed by atoms with Crippen LogP contribution in [0.4, 0.5) is 8.78 Å². The summed E-state index contributed by atoms with van der Waals surface area (Å²) in [5, 5.41) is 3.21. The Kier molecular flexibility index (Phi) is 3.48. The smallest absolute Gasteiger partial charge is 0.137 e. The van der Waals surface area contributed by atoms with Crippen LogP contribution < -0.4 is 5.32 Å². The minimum Gasteiger partial charge on any atom is -0.316 e. The van der Waals surface area contributed by atoms with Crippen LogP contribution in [0.1, 0.15) is 30.9 Å². The van der Waals surface area contributed by atoms with Crippen LogP contribution >= 0.6 is 0 Å². The van der Waals surface area contributed by atoms with Crippen LogP contribution in [0.3, 0.4) is 0 Å². The van der Waals surface area contributed by atoms with E-state index in [1.165, 1.54) is 12.1 Å². The highest BCUT2D eigenvalue weighted by Gasteiger charge is 2.37. The third-order valence-electron chi connectivity index (χ3n) is 3.67. The summed E-state index contributed by atoms with van der Waals surface area (Å²) in [6.07, 6.45) is 1.84. The predicted octanol–water partition coefficient (Wildman–Crippen LogP) is 3.32. The van der Waals surface area contributed by atoms with E-state index in [1.54, 1.807) is 19.9 Å². The van der Waals surface area contributed by atoms with Crippen molar-refractivity contribution in [2.45, 2.75) is 32.4 Å². The van der Waals surface area contributed by atoms with Gasteiger partial charge in [-0.3, -0.25) is 0 Å². The molecule has 1 N–H and O–H groups in total. The Morgan fingerprint density at radius 1 is 1.35 bits per heavy atom. The van der Waals surface area contributed by atoms with Crippen molar-refractivity contribution >= 4 is 0 Å². The molecule has 0 spiro atoms. The molecular weight excluding hydrogens is 220 g/mol. The van der Waals surface area contributed by atoms with Gasteiger partial charge in [-0.2, -0.15) is 0 Å². The number of nitrogens with one attached hydrogen (secondary N) is 1. The molecule has 0 aliphatic carbocycles. The summed E-state index contributed by atoms with van der Waals surface area (Å²) in [5.41, 5.74) is -0.225. The van der Waals surface area contributed by atoms with Crippen molar-refractivity contribution < 1.29 is 8.78 Å². The Hall–Kier alpha value is -0.960. The number of hydrogen-bond donors (Lipinski definition) is 1. The van der Waals surface area contributed by atoms with Gasteiger partial charge < -0.3 is 5.32 Å². The highest BCUT2D eigenvalue weighted by Crippen LogP contribution is 2.37. The quantitative estimate of drug-likeness (QED) is 0.834. The molecule has 2 atom stereocenters. The molecule has 17 heavy (non-hydrogen) atoms. The standard InChI is InChI=1S/C14H19F2N/c1-10-6-12(8-13(15)7-10)14(2,16)11-4-3-5-17-9-11/h6-8,11,17H,3-5,9H2,1-2H3. The molecule has 0 amide bonds. The Bertz CT molecular complexity index is 375. The molecule has 1 nitrogen and oxygen atoms in total. The zero-order chi connectivity index (χ0) is 12.5. The minimum atomic E-state index is -1.46. The second kappa shape index (κ2) is 4.73. The average molecular weight is 239 g/mol. The van der Waals surface area contributed by atoms with Crippen LogP contribution in [0.5, 0.6) is 0 Å². The van der Waals surface area contributed by atoms with E-state index in [0.29, 0.717) is 12.1 Å². The van der Waals surface area contributed by atoms with Crippen LogP contribution in [0, 0.1) is 18.7 Å². The molecule has 1 aliphatic heterocycles. The number of alkyl halides is 1. The van der Waals surface area contributed by atoms with E-state index in [0.717, 1.165) is 24.9 Å². The van der Waals surface area contributed by atoms with E-state index in [2.05, 4.69) is 5.32 Å². The summed E-state index contributed by atoms with van der Waals surface area (Å²) in [4.78, 5) is 0. The zero-order valence-corrected chi connectivity index (χ0v) is 10.4. The van der Waals surface area contributed by atoms with Gasteiger partial charge in [0.05, 0.1) is 0 Å². The van der Waals surface area contributed by atoms with Gasteiger partial charge in [-0.15, -0.1) is 0 Å². The molecule has 2 rings (SSSR count). The second-order valence-corrected chi connectivity index (χ2v) is 5.14. The third-order valence-corrected chi connectivity index (χ3v) is 3.67. The van der Waals surface area contributed by atoms with Gasteiger partial charge in [0.15, 0.2) is 0 Å². The highest BCUT2D eigenvalue weighted by molar-refractivity contribution is 5.29. The Morgan fingerprint density at radius 3 is 2.71 bits per heavy atom. The van der Waals surface area contributed by atoms with Crippen LogP contribution in [0.25, 0.3) is 0 Å². The average Bonchev–Trinajstić information content (AvgIpc) is 2.29. The normalized spacial score (nSPS) is 24.4. The summed E-state index contributed by atoms with van der Waals surface area (Å²) < 4.78 is 28.2. The number of benzene rings is 1. The SMILES string of the molecule is Cc1cc(F)cc(C(C)(F)C2CCCNC2)c1. The lowest BCUT2D eigenvalue weighted by atomic mass is 9.80. The van der Waals surface area contributed by atoms with Crippen LogP contribution in [-0.4, -0.2) is 13.1 Å². The number of halogens is 2. The van der Waals surface area contributed by atoms with E-state index in [4.69, 9.17) is 0 Å². The first-order valence-electron chi connectivity index (χ1n) is 6.17. The topological polar surface area (TPSA) is 12.0 Å². The molecule has 0 aromatic heterocycles. The summed E-state index contributed by atoms with van der Waals surface area (Å²) in [6, 6.07) is 4.50. The lowest BCUT2D eigenvalue weighted by Gasteiger charge is -2.34. The fourth-order valence-electron chi connectivity index (χ4n) is 2.57. The van der Waals surface area contributed by atoms with E-state index >= 15 is 0 Å². The van der Waals surface area contributed by atoms with Crippen molar-refractivity contribution in [1.29, 1.82) is 0 Å². The fraction of sp³-hybridized carbons (Fsp3) is 0.571. The van der Waals surface area contributed by atoms with Gasteiger partial charge in [-0.1, -0.05) is 6.07 Å². The molecule has 1 aromatic rings. The van der Waals surface area contributed by atoms with Gasteiger partial charge in [-0.05, 0) is 56.5 Å². The Balaban J connectivity index is 2.29. The van der Waals surface area contributed by atoms with Crippen molar-refractivity contribution in [3.63, 3.8) is 0 Å². The van der Waals surface area contributed by atoms with E-state index in [-0.39, 0.29) is 11.7 Å². The summed E-state index contributed by atoms with van der Waals surface area (Å²) in [6.45, 7) is 4.98. The molecule has 1 saturated heterocycles. The van der Waals surface area contributed by atoms with Crippen molar-refractivity contribution in [2.24, 2.45) is 5.92 Å². The largest absolute Gasteiger partial charge is 0.316 e. The molecule has 3 heteroatoms. The van der Waals surface area contributed by atoms with Gasteiger partial charge >= 0.3 is 0 Å². The first kappa shape index (κ1) is 12.5. The molecule has 94 valence electrons. The summed E-state index contributed by atoms with van der Waals surface area (Å²) in [5.74, 6) is -0.426. The predicted molar refractivity (Wildman–Crippen MR) is 65.2 cm³/mol. The Morgan fingerprint density at radius 2 is 2.12 bits per heavy atom. The third kappa shape index (κ3) is 2.65. The van der Waals surface area contributed by atoms with Gasteiger partial charge in [0.2, 0.25) is 0 Å². The molecule has 0 bridgehead atoms. The molecule has 1 aliphatic rings. The lowest BCUT2D eigenvalue weighted by Crippen LogP contribution is -2.40. The summed E-state index contributed by atoms with van der Waals surface area (Å²) >= 11 is 0. The molecular formula is C14H19F2N. The molecule has 0 saturated carbocycles. The zero-order valence-electron chi connectivity index (χ0n) is 10.4. The lowest BCUT2D eigenvalue weighted by molar-refractivity contribution is 0.0808. The Labute approximate surface area is 101 Å². The number of rotatable bonds is 2. The van der Waals surface area contributed by atoms with Crippen molar-refractivity contribution in [2.75, 3.05) is 13.1 Å². The maximum Gasteiger partial charge on any atom is 0.137 e. The monoisotopic (exact) mass is 239 g/mol. The maximum absolute atomic E-state index is 14.9. The van der Waals surface area contributed by atoms with E-state index in [1.807, 2.05) is 0 Å². The first-order valence-corrected chi connectivity index (χ1v) is 6.17. The number of hydrogen-bond acceptors (Lipinski definition) is 1.